The molecule has 2 heteroatoms. The monoisotopic (exact) mass is 146 g/mol. The molecule has 2 rings (SSSR count). The maximum atomic E-state index is 4.20. The van der Waals surface area contributed by atoms with E-state index >= 15 is 0 Å². The average Bonchev–Trinajstić information content (AvgIpc) is 2.06. The van der Waals surface area contributed by atoms with Crippen LogP contribution in [0.25, 0.3) is 0 Å². The number of hydrogen-bond donors (Lipinski definition) is 0. The predicted molar refractivity (Wildman–Crippen MR) is 47.0 cm³/mol. The van der Waals surface area contributed by atoms with Crippen molar-refractivity contribution in [1.82, 2.24) is 0 Å². The molecule has 0 aromatic heterocycles. The lowest BCUT2D eigenvalue weighted by atomic mass is 10.1. The molecule has 1 aromatic rings. The Hall–Kier alpha value is -1.31. The minimum absolute atomic E-state index is 0.820. The van der Waals surface area contributed by atoms with Crippen LogP contribution < -0.4 is 4.90 Å². The second-order valence-corrected chi connectivity index (χ2v) is 2.70. The minimum Gasteiger partial charge on any atom is -0.336 e. The van der Waals surface area contributed by atoms with Crippen molar-refractivity contribution in [1.29, 1.82) is 0 Å². The van der Waals surface area contributed by atoms with Gasteiger partial charge in [0, 0.05) is 12.7 Å². The Kier molecular flexibility index (Phi) is 1.39. The standard InChI is InChI=1S/C9H10N2/c1-11-7-10-6-8-4-2-3-5-9(8)11/h2-5,7H,6H2,1H3. The third-order valence-corrected chi connectivity index (χ3v) is 1.89. The van der Waals surface area contributed by atoms with Gasteiger partial charge in [0.05, 0.1) is 12.9 Å². The van der Waals surface area contributed by atoms with Gasteiger partial charge in [-0.15, -0.1) is 0 Å². The second kappa shape index (κ2) is 2.38. The molecule has 0 radical (unpaired) electrons. The lowest BCUT2D eigenvalue weighted by Crippen LogP contribution is -2.19. The lowest BCUT2D eigenvalue weighted by Gasteiger charge is -2.20. The van der Waals surface area contributed by atoms with Crippen molar-refractivity contribution in [3.8, 4) is 0 Å². The molecule has 0 fully saturated rings. The molecule has 1 aliphatic heterocycles. The molecule has 0 saturated heterocycles. The van der Waals surface area contributed by atoms with Crippen LogP contribution in [0.15, 0.2) is 29.3 Å². The maximum Gasteiger partial charge on any atom is 0.0895 e. The van der Waals surface area contributed by atoms with Gasteiger partial charge in [-0.25, -0.2) is 0 Å². The third-order valence-electron chi connectivity index (χ3n) is 1.89. The Balaban J connectivity index is 2.50. The molecule has 0 unspecified atom stereocenters. The van der Waals surface area contributed by atoms with E-state index in [1.807, 2.05) is 24.4 Å². The highest BCUT2D eigenvalue weighted by Gasteiger charge is 2.07. The first-order valence-corrected chi connectivity index (χ1v) is 3.68. The molecular weight excluding hydrogens is 136 g/mol. The topological polar surface area (TPSA) is 15.6 Å². The zero-order valence-corrected chi connectivity index (χ0v) is 6.49. The van der Waals surface area contributed by atoms with E-state index in [1.54, 1.807) is 0 Å². The molecule has 56 valence electrons. The Morgan fingerprint density at radius 2 is 2.18 bits per heavy atom. The molecule has 2 nitrogen and oxygen atoms in total. The lowest BCUT2D eigenvalue weighted by molar-refractivity contribution is 1.02. The molecule has 1 aromatic carbocycles. The van der Waals surface area contributed by atoms with Gasteiger partial charge < -0.3 is 4.90 Å². The van der Waals surface area contributed by atoms with Crippen molar-refractivity contribution in [2.45, 2.75) is 6.54 Å². The third kappa shape index (κ3) is 1.00. The van der Waals surface area contributed by atoms with E-state index in [1.165, 1.54) is 11.3 Å². The number of aliphatic imine (C=N–C) groups is 1. The van der Waals surface area contributed by atoms with E-state index in [2.05, 4.69) is 23.2 Å². The van der Waals surface area contributed by atoms with E-state index < -0.39 is 0 Å². The van der Waals surface area contributed by atoms with Gasteiger partial charge >= 0.3 is 0 Å². The van der Waals surface area contributed by atoms with Crippen LogP contribution in [-0.2, 0) is 6.54 Å². The van der Waals surface area contributed by atoms with Crippen LogP contribution in [0.3, 0.4) is 0 Å². The molecular formula is C9H10N2. The Bertz CT molecular complexity index is 291. The molecule has 0 aliphatic carbocycles. The molecule has 11 heavy (non-hydrogen) atoms. The summed E-state index contributed by atoms with van der Waals surface area (Å²) in [5.74, 6) is 0. The highest BCUT2D eigenvalue weighted by molar-refractivity contribution is 5.81. The SMILES string of the molecule is CN1C=NCc2ccccc21. The van der Waals surface area contributed by atoms with Crippen molar-refractivity contribution in [3.05, 3.63) is 29.8 Å². The minimum atomic E-state index is 0.820. The van der Waals surface area contributed by atoms with Gasteiger partial charge in [0.2, 0.25) is 0 Å². The van der Waals surface area contributed by atoms with Crippen molar-refractivity contribution in [3.63, 3.8) is 0 Å². The highest BCUT2D eigenvalue weighted by Crippen LogP contribution is 2.21. The number of benzene rings is 1. The van der Waals surface area contributed by atoms with E-state index in [4.69, 9.17) is 0 Å². The summed E-state index contributed by atoms with van der Waals surface area (Å²) in [7, 11) is 2.02. The average molecular weight is 146 g/mol. The fourth-order valence-corrected chi connectivity index (χ4v) is 1.31. The van der Waals surface area contributed by atoms with Gasteiger partial charge in [-0.3, -0.25) is 4.99 Å². The number of nitrogens with zero attached hydrogens (tertiary/aromatic N) is 2. The van der Waals surface area contributed by atoms with E-state index in [0.717, 1.165) is 6.54 Å². The fraction of sp³-hybridized carbons (Fsp3) is 0.222. The van der Waals surface area contributed by atoms with Gasteiger partial charge in [0.15, 0.2) is 0 Å². The molecule has 0 atom stereocenters. The summed E-state index contributed by atoms with van der Waals surface area (Å²) in [6.45, 7) is 0.820. The summed E-state index contributed by atoms with van der Waals surface area (Å²) in [5, 5.41) is 0. The van der Waals surface area contributed by atoms with Crippen molar-refractivity contribution >= 4 is 12.0 Å². The summed E-state index contributed by atoms with van der Waals surface area (Å²) >= 11 is 0. The number of hydrogen-bond acceptors (Lipinski definition) is 2. The zero-order chi connectivity index (χ0) is 7.68. The van der Waals surface area contributed by atoms with Crippen molar-refractivity contribution < 1.29 is 0 Å². The summed E-state index contributed by atoms with van der Waals surface area (Å²) in [6.07, 6.45) is 1.86. The largest absolute Gasteiger partial charge is 0.336 e. The maximum absolute atomic E-state index is 4.20. The molecule has 1 aliphatic rings. The molecule has 0 bridgehead atoms. The van der Waals surface area contributed by atoms with Gasteiger partial charge in [0.1, 0.15) is 0 Å². The van der Waals surface area contributed by atoms with Crippen LogP contribution in [0.4, 0.5) is 5.69 Å². The molecule has 0 saturated carbocycles. The molecule has 0 amide bonds. The number of rotatable bonds is 0. The number of para-hydroxylation sites is 1. The quantitative estimate of drug-likeness (QED) is 0.543. The Labute approximate surface area is 66.2 Å². The fourth-order valence-electron chi connectivity index (χ4n) is 1.31. The Morgan fingerprint density at radius 3 is 3.00 bits per heavy atom. The van der Waals surface area contributed by atoms with Crippen LogP contribution in [0.5, 0.6) is 0 Å². The Morgan fingerprint density at radius 1 is 1.36 bits per heavy atom. The van der Waals surface area contributed by atoms with Crippen LogP contribution in [0.1, 0.15) is 5.56 Å². The van der Waals surface area contributed by atoms with Gasteiger partial charge in [-0.2, -0.15) is 0 Å². The van der Waals surface area contributed by atoms with Gasteiger partial charge in [-0.1, -0.05) is 18.2 Å². The molecule has 0 spiro atoms. The summed E-state index contributed by atoms with van der Waals surface area (Å²) in [5.41, 5.74) is 2.57. The second-order valence-electron chi connectivity index (χ2n) is 2.70. The van der Waals surface area contributed by atoms with Crippen LogP contribution in [0, 0.1) is 0 Å². The van der Waals surface area contributed by atoms with Gasteiger partial charge in [0.25, 0.3) is 0 Å². The van der Waals surface area contributed by atoms with Gasteiger partial charge in [-0.05, 0) is 11.6 Å². The summed E-state index contributed by atoms with van der Waals surface area (Å²) in [4.78, 5) is 6.24. The zero-order valence-electron chi connectivity index (χ0n) is 6.49. The van der Waals surface area contributed by atoms with Crippen LogP contribution in [0.2, 0.25) is 0 Å². The van der Waals surface area contributed by atoms with Crippen molar-refractivity contribution in [2.75, 3.05) is 11.9 Å². The number of anilines is 1. The highest BCUT2D eigenvalue weighted by atomic mass is 15.1. The molecule has 0 N–H and O–H groups in total. The van der Waals surface area contributed by atoms with E-state index in [0.29, 0.717) is 0 Å². The molecule has 1 heterocycles. The first kappa shape index (κ1) is 6.40. The normalized spacial score (nSPS) is 14.8. The van der Waals surface area contributed by atoms with Crippen LogP contribution >= 0.6 is 0 Å². The van der Waals surface area contributed by atoms with Crippen molar-refractivity contribution in [2.24, 2.45) is 4.99 Å². The predicted octanol–water partition coefficient (Wildman–Crippen LogP) is 1.66. The van der Waals surface area contributed by atoms with E-state index in [-0.39, 0.29) is 0 Å². The first-order valence-electron chi connectivity index (χ1n) is 3.68. The van der Waals surface area contributed by atoms with Crippen LogP contribution in [-0.4, -0.2) is 13.4 Å². The first-order chi connectivity index (χ1) is 5.38. The number of fused-ring (bicyclic) bond motifs is 1. The summed E-state index contributed by atoms with van der Waals surface area (Å²) in [6, 6.07) is 8.32. The summed E-state index contributed by atoms with van der Waals surface area (Å²) < 4.78 is 0. The smallest absolute Gasteiger partial charge is 0.0895 e. The van der Waals surface area contributed by atoms with E-state index in [9.17, 15) is 0 Å².